The zero-order valence-corrected chi connectivity index (χ0v) is 26.2. The summed E-state index contributed by atoms with van der Waals surface area (Å²) in [6.45, 7) is 18.8. The molecule has 0 heterocycles. The van der Waals surface area contributed by atoms with E-state index < -0.39 is 5.41 Å². The number of ether oxygens (including phenoxy) is 4. The van der Waals surface area contributed by atoms with Crippen molar-refractivity contribution in [3.8, 4) is 0 Å². The fourth-order valence-electron chi connectivity index (χ4n) is 4.79. The lowest BCUT2D eigenvalue weighted by Gasteiger charge is -2.33. The van der Waals surface area contributed by atoms with Gasteiger partial charge in [0.2, 0.25) is 0 Å². The van der Waals surface area contributed by atoms with Crippen LogP contribution in [0.15, 0.2) is 123 Å². The topological polar surface area (TPSA) is 36.9 Å². The van der Waals surface area contributed by atoms with Crippen LogP contribution in [0.4, 0.5) is 0 Å². The molecule has 4 nitrogen and oxygen atoms in total. The minimum absolute atomic E-state index is 0.399. The van der Waals surface area contributed by atoms with E-state index in [0.717, 1.165) is 44.5 Å². The van der Waals surface area contributed by atoms with Gasteiger partial charge < -0.3 is 18.9 Å². The summed E-state index contributed by atoms with van der Waals surface area (Å²) in [6.07, 6.45) is 7.34. The summed E-state index contributed by atoms with van der Waals surface area (Å²) in [4.78, 5) is 0. The predicted octanol–water partition coefficient (Wildman–Crippen LogP) is 9.41. The first-order valence-electron chi connectivity index (χ1n) is 15.2. The molecule has 4 aromatic carbocycles. The minimum atomic E-state index is -0.551. The fourth-order valence-corrected chi connectivity index (χ4v) is 4.79. The summed E-state index contributed by atoms with van der Waals surface area (Å²) < 4.78 is 25.4. The molecule has 45 heavy (non-hydrogen) atoms. The van der Waals surface area contributed by atoms with Crippen LogP contribution in [0.1, 0.15) is 44.5 Å². The number of rotatable bonds is 20. The molecule has 0 fully saturated rings. The fraction of sp³-hybridized carbons (Fsp3) is 0.220. The van der Waals surface area contributed by atoms with Crippen molar-refractivity contribution >= 4 is 24.3 Å². The largest absolute Gasteiger partial charge is 0.376 e. The molecule has 0 aliphatic rings. The van der Waals surface area contributed by atoms with Crippen molar-refractivity contribution < 1.29 is 18.9 Å². The zero-order valence-electron chi connectivity index (χ0n) is 26.2. The van der Waals surface area contributed by atoms with Gasteiger partial charge in [-0.25, -0.2) is 0 Å². The van der Waals surface area contributed by atoms with Crippen molar-refractivity contribution in [2.45, 2.75) is 26.4 Å². The third-order valence-electron chi connectivity index (χ3n) is 7.57. The van der Waals surface area contributed by atoms with Crippen molar-refractivity contribution in [2.24, 2.45) is 5.41 Å². The molecule has 0 N–H and O–H groups in total. The molecule has 4 rings (SSSR count). The first-order chi connectivity index (χ1) is 22.0. The Balaban J connectivity index is 1.48. The molecule has 0 spiro atoms. The molecule has 0 saturated heterocycles. The van der Waals surface area contributed by atoms with Crippen molar-refractivity contribution in [1.29, 1.82) is 0 Å². The molecule has 4 heteroatoms. The highest BCUT2D eigenvalue weighted by molar-refractivity contribution is 5.49. The Morgan fingerprint density at radius 3 is 0.733 bits per heavy atom. The summed E-state index contributed by atoms with van der Waals surface area (Å²) in [7, 11) is 0. The molecule has 0 bridgehead atoms. The van der Waals surface area contributed by atoms with Gasteiger partial charge in [-0.1, -0.05) is 148 Å². The monoisotopic (exact) mass is 600 g/mol. The SMILES string of the molecule is C=Cc1ccc(COCC(COCc2ccc(C=C)cc2)(COCc2ccc(C=C)cc2)COCc2ccc(C=C)cc2)cc1. The van der Waals surface area contributed by atoms with Gasteiger partial charge >= 0.3 is 0 Å². The van der Waals surface area contributed by atoms with Crippen molar-refractivity contribution in [1.82, 2.24) is 0 Å². The highest BCUT2D eigenvalue weighted by Gasteiger charge is 2.33. The smallest absolute Gasteiger partial charge is 0.0717 e. The van der Waals surface area contributed by atoms with Gasteiger partial charge in [0, 0.05) is 0 Å². The van der Waals surface area contributed by atoms with Crippen LogP contribution in [0, 0.1) is 5.41 Å². The van der Waals surface area contributed by atoms with Gasteiger partial charge in [0.25, 0.3) is 0 Å². The lowest BCUT2D eigenvalue weighted by molar-refractivity contribution is -0.117. The van der Waals surface area contributed by atoms with E-state index in [2.05, 4.69) is 74.8 Å². The quantitative estimate of drug-likeness (QED) is 0.101. The molecule has 0 atom stereocenters. The molecule has 0 aliphatic heterocycles. The second-order valence-corrected chi connectivity index (χ2v) is 11.3. The maximum Gasteiger partial charge on any atom is 0.0717 e. The Labute approximate surface area is 269 Å². The van der Waals surface area contributed by atoms with Crippen LogP contribution in [-0.4, -0.2) is 26.4 Å². The highest BCUT2D eigenvalue weighted by Crippen LogP contribution is 2.24. The summed E-state index contributed by atoms with van der Waals surface area (Å²) in [5.74, 6) is 0. The number of hydrogen-bond acceptors (Lipinski definition) is 4. The van der Waals surface area contributed by atoms with E-state index in [0.29, 0.717) is 52.9 Å². The van der Waals surface area contributed by atoms with Gasteiger partial charge in [0.05, 0.1) is 58.3 Å². The van der Waals surface area contributed by atoms with Crippen molar-refractivity contribution in [3.05, 3.63) is 168 Å². The number of hydrogen-bond donors (Lipinski definition) is 0. The van der Waals surface area contributed by atoms with E-state index in [-0.39, 0.29) is 0 Å². The Kier molecular flexibility index (Phi) is 13.3. The van der Waals surface area contributed by atoms with Crippen molar-refractivity contribution in [2.75, 3.05) is 26.4 Å². The van der Waals surface area contributed by atoms with Crippen LogP contribution in [0.5, 0.6) is 0 Å². The van der Waals surface area contributed by atoms with Crippen LogP contribution >= 0.6 is 0 Å². The molecule has 232 valence electrons. The Hall–Kier alpha value is -4.32. The zero-order chi connectivity index (χ0) is 31.7. The van der Waals surface area contributed by atoms with Crippen LogP contribution in [0.3, 0.4) is 0 Å². The van der Waals surface area contributed by atoms with Gasteiger partial charge in [0.1, 0.15) is 0 Å². The molecule has 0 radical (unpaired) electrons. The van der Waals surface area contributed by atoms with Gasteiger partial charge in [-0.2, -0.15) is 0 Å². The lowest BCUT2D eigenvalue weighted by atomic mass is 9.92. The first-order valence-corrected chi connectivity index (χ1v) is 15.2. The standard InChI is InChI=1S/C41H44O4/c1-5-33-9-17-37(18-10-33)25-42-29-41(30-43-26-38-19-11-34(6-2)12-20-38,31-44-27-39-21-13-35(7-3)14-22-39)32-45-28-40-23-15-36(8-4)16-24-40/h5-24H,1-4,25-32H2. The summed E-state index contributed by atoms with van der Waals surface area (Å²) in [5, 5.41) is 0. The maximum atomic E-state index is 6.36. The van der Waals surface area contributed by atoms with Crippen molar-refractivity contribution in [3.63, 3.8) is 0 Å². The van der Waals surface area contributed by atoms with Crippen LogP contribution < -0.4 is 0 Å². The summed E-state index contributed by atoms with van der Waals surface area (Å²) >= 11 is 0. The minimum Gasteiger partial charge on any atom is -0.376 e. The van der Waals surface area contributed by atoms with E-state index >= 15 is 0 Å². The average Bonchev–Trinajstić information content (AvgIpc) is 3.09. The Bertz CT molecular complexity index is 1250. The summed E-state index contributed by atoms with van der Waals surface area (Å²) in [6, 6.07) is 32.9. The van der Waals surface area contributed by atoms with E-state index in [4.69, 9.17) is 18.9 Å². The van der Waals surface area contributed by atoms with Crippen LogP contribution in [0.2, 0.25) is 0 Å². The van der Waals surface area contributed by atoms with Gasteiger partial charge in [-0.15, -0.1) is 0 Å². The van der Waals surface area contributed by atoms with E-state index in [1.54, 1.807) is 0 Å². The van der Waals surface area contributed by atoms with Gasteiger partial charge in [0.15, 0.2) is 0 Å². The normalized spacial score (nSPS) is 11.2. The predicted molar refractivity (Wildman–Crippen MR) is 187 cm³/mol. The Morgan fingerprint density at radius 2 is 0.556 bits per heavy atom. The van der Waals surface area contributed by atoms with Crippen LogP contribution in [-0.2, 0) is 45.4 Å². The number of benzene rings is 4. The lowest BCUT2D eigenvalue weighted by Crippen LogP contribution is -2.41. The third-order valence-corrected chi connectivity index (χ3v) is 7.57. The van der Waals surface area contributed by atoms with E-state index in [1.807, 2.05) is 72.8 Å². The Morgan fingerprint density at radius 1 is 0.356 bits per heavy atom. The molecule has 0 saturated carbocycles. The molecular formula is C41H44O4. The van der Waals surface area contributed by atoms with E-state index in [9.17, 15) is 0 Å². The molecule has 0 aliphatic carbocycles. The summed E-state index contributed by atoms with van der Waals surface area (Å²) in [5.41, 5.74) is 8.10. The van der Waals surface area contributed by atoms with Gasteiger partial charge in [-0.05, 0) is 44.5 Å². The molecular weight excluding hydrogens is 556 g/mol. The average molecular weight is 601 g/mol. The molecule has 0 amide bonds. The first kappa shape index (κ1) is 33.6. The third kappa shape index (κ3) is 11.0. The second kappa shape index (κ2) is 17.8. The van der Waals surface area contributed by atoms with E-state index in [1.165, 1.54) is 0 Å². The molecule has 0 unspecified atom stereocenters. The molecule has 0 aromatic heterocycles. The highest BCUT2D eigenvalue weighted by atomic mass is 16.5. The maximum absolute atomic E-state index is 6.36. The molecule has 4 aromatic rings. The van der Waals surface area contributed by atoms with Gasteiger partial charge in [-0.3, -0.25) is 0 Å². The second-order valence-electron chi connectivity index (χ2n) is 11.3. The van der Waals surface area contributed by atoms with Crippen LogP contribution in [0.25, 0.3) is 24.3 Å².